The van der Waals surface area contributed by atoms with Crippen molar-refractivity contribution in [3.8, 4) is 0 Å². The molecule has 130 valence electrons. The largest absolute Gasteiger partial charge is 0.244 e. The second-order valence-electron chi connectivity index (χ2n) is 5.26. The molecular weight excluding hydrogens is 360 g/mol. The molecule has 0 aliphatic carbocycles. The lowest BCUT2D eigenvalue weighted by Gasteiger charge is -2.15. The minimum atomic E-state index is -4.28. The standard InChI is InChI=1S/C15H15F2NO4S2/c1-10(11-3-6-13(7-4-11)23(2,19)20)18-24(21,22)15-9-12(16)5-8-14(15)17/h3-10,18H,1-2H3. The Hall–Kier alpha value is -1.84. The van der Waals surface area contributed by atoms with Crippen LogP contribution in [0, 0.1) is 11.6 Å². The Morgan fingerprint density at radius 1 is 0.958 bits per heavy atom. The lowest BCUT2D eigenvalue weighted by Crippen LogP contribution is -2.27. The SMILES string of the molecule is CC(NS(=O)(=O)c1cc(F)ccc1F)c1ccc(S(C)(=O)=O)cc1. The lowest BCUT2D eigenvalue weighted by molar-refractivity contribution is 0.538. The molecule has 0 aliphatic heterocycles. The predicted molar refractivity (Wildman–Crippen MR) is 84.6 cm³/mol. The number of sulfonamides is 1. The molecule has 0 fully saturated rings. The Morgan fingerprint density at radius 3 is 2.08 bits per heavy atom. The highest BCUT2D eigenvalue weighted by molar-refractivity contribution is 7.90. The van der Waals surface area contributed by atoms with Crippen LogP contribution in [0.3, 0.4) is 0 Å². The molecule has 1 N–H and O–H groups in total. The summed E-state index contributed by atoms with van der Waals surface area (Å²) in [6, 6.07) is 6.97. The van der Waals surface area contributed by atoms with Gasteiger partial charge in [-0.2, -0.15) is 0 Å². The molecule has 0 heterocycles. The van der Waals surface area contributed by atoms with E-state index in [-0.39, 0.29) is 4.90 Å². The van der Waals surface area contributed by atoms with Gasteiger partial charge in [-0.15, -0.1) is 0 Å². The number of sulfone groups is 1. The topological polar surface area (TPSA) is 80.3 Å². The van der Waals surface area contributed by atoms with Crippen molar-refractivity contribution in [2.75, 3.05) is 6.26 Å². The second-order valence-corrected chi connectivity index (χ2v) is 8.96. The van der Waals surface area contributed by atoms with E-state index in [0.29, 0.717) is 11.6 Å². The van der Waals surface area contributed by atoms with E-state index in [2.05, 4.69) is 4.72 Å². The first-order chi connectivity index (χ1) is 11.0. The maximum absolute atomic E-state index is 13.6. The number of benzene rings is 2. The van der Waals surface area contributed by atoms with Crippen LogP contribution in [0.25, 0.3) is 0 Å². The van der Waals surface area contributed by atoms with Crippen molar-refractivity contribution in [1.29, 1.82) is 0 Å². The van der Waals surface area contributed by atoms with Crippen molar-refractivity contribution in [3.05, 3.63) is 59.7 Å². The van der Waals surface area contributed by atoms with Crippen molar-refractivity contribution in [2.24, 2.45) is 0 Å². The van der Waals surface area contributed by atoms with Crippen molar-refractivity contribution >= 4 is 19.9 Å². The summed E-state index contributed by atoms with van der Waals surface area (Å²) in [6.45, 7) is 1.50. The van der Waals surface area contributed by atoms with Gasteiger partial charge in [0.25, 0.3) is 0 Å². The maximum atomic E-state index is 13.6. The van der Waals surface area contributed by atoms with Gasteiger partial charge in [0.1, 0.15) is 16.5 Å². The van der Waals surface area contributed by atoms with Gasteiger partial charge < -0.3 is 0 Å². The summed E-state index contributed by atoms with van der Waals surface area (Å²) in [7, 11) is -7.65. The first-order valence-corrected chi connectivity index (χ1v) is 10.2. The molecule has 2 aromatic rings. The van der Waals surface area contributed by atoms with Gasteiger partial charge in [0, 0.05) is 12.3 Å². The van der Waals surface area contributed by atoms with Gasteiger partial charge in [-0.1, -0.05) is 12.1 Å². The van der Waals surface area contributed by atoms with Crippen molar-refractivity contribution < 1.29 is 25.6 Å². The number of hydrogen-bond donors (Lipinski definition) is 1. The van der Waals surface area contributed by atoms with Gasteiger partial charge in [-0.05, 0) is 42.8 Å². The van der Waals surface area contributed by atoms with E-state index in [0.717, 1.165) is 18.4 Å². The summed E-state index contributed by atoms with van der Waals surface area (Å²) in [5.41, 5.74) is 0.475. The third kappa shape index (κ3) is 4.16. The number of rotatable bonds is 5. The molecule has 0 amide bonds. The molecule has 1 unspecified atom stereocenters. The monoisotopic (exact) mass is 375 g/mol. The Labute approximate surface area is 139 Å². The van der Waals surface area contributed by atoms with Crippen LogP contribution in [0.1, 0.15) is 18.5 Å². The van der Waals surface area contributed by atoms with E-state index >= 15 is 0 Å². The fourth-order valence-electron chi connectivity index (χ4n) is 2.05. The molecule has 0 saturated carbocycles. The average molecular weight is 375 g/mol. The highest BCUT2D eigenvalue weighted by Crippen LogP contribution is 2.21. The molecule has 1 atom stereocenters. The van der Waals surface area contributed by atoms with E-state index < -0.39 is 42.4 Å². The number of halogens is 2. The molecule has 0 aromatic heterocycles. The minimum absolute atomic E-state index is 0.0949. The molecule has 2 aromatic carbocycles. The van der Waals surface area contributed by atoms with Crippen LogP contribution in [0.2, 0.25) is 0 Å². The molecule has 9 heteroatoms. The van der Waals surface area contributed by atoms with E-state index in [4.69, 9.17) is 0 Å². The zero-order chi connectivity index (χ0) is 18.1. The highest BCUT2D eigenvalue weighted by atomic mass is 32.2. The first-order valence-electron chi connectivity index (χ1n) is 6.78. The maximum Gasteiger partial charge on any atom is 0.244 e. The zero-order valence-electron chi connectivity index (χ0n) is 12.8. The summed E-state index contributed by atoms with van der Waals surface area (Å²) in [5.74, 6) is -1.94. The van der Waals surface area contributed by atoms with E-state index in [9.17, 15) is 25.6 Å². The zero-order valence-corrected chi connectivity index (χ0v) is 14.5. The van der Waals surface area contributed by atoms with Gasteiger partial charge in [0.2, 0.25) is 10.0 Å². The van der Waals surface area contributed by atoms with Crippen molar-refractivity contribution in [3.63, 3.8) is 0 Å². The van der Waals surface area contributed by atoms with Crippen LogP contribution in [0.4, 0.5) is 8.78 Å². The smallest absolute Gasteiger partial charge is 0.224 e. The van der Waals surface area contributed by atoms with Crippen LogP contribution in [-0.2, 0) is 19.9 Å². The summed E-state index contributed by atoms with van der Waals surface area (Å²) < 4.78 is 76.3. The molecule has 2 rings (SSSR count). The highest BCUT2D eigenvalue weighted by Gasteiger charge is 2.23. The third-order valence-corrected chi connectivity index (χ3v) is 6.01. The third-order valence-electron chi connectivity index (χ3n) is 3.32. The summed E-state index contributed by atoms with van der Waals surface area (Å²) in [4.78, 5) is -0.695. The molecule has 0 bridgehead atoms. The summed E-state index contributed by atoms with van der Waals surface area (Å²) in [6.07, 6.45) is 1.06. The number of hydrogen-bond acceptors (Lipinski definition) is 4. The van der Waals surface area contributed by atoms with Crippen LogP contribution >= 0.6 is 0 Å². The van der Waals surface area contributed by atoms with Gasteiger partial charge in [-0.25, -0.2) is 30.3 Å². The van der Waals surface area contributed by atoms with Crippen LogP contribution in [0.15, 0.2) is 52.3 Å². The Bertz CT molecular complexity index is 955. The van der Waals surface area contributed by atoms with Gasteiger partial charge in [0.05, 0.1) is 4.90 Å². The minimum Gasteiger partial charge on any atom is -0.224 e. The number of nitrogens with one attached hydrogen (secondary N) is 1. The normalized spacial score (nSPS) is 13.7. The fourth-order valence-corrected chi connectivity index (χ4v) is 4.00. The van der Waals surface area contributed by atoms with E-state index in [1.807, 2.05) is 0 Å². The van der Waals surface area contributed by atoms with Crippen LogP contribution < -0.4 is 4.72 Å². The fraction of sp³-hybridized carbons (Fsp3) is 0.200. The Kier molecular flexibility index (Phi) is 5.07. The van der Waals surface area contributed by atoms with Crippen molar-refractivity contribution in [2.45, 2.75) is 22.8 Å². The Morgan fingerprint density at radius 2 is 1.54 bits per heavy atom. The lowest BCUT2D eigenvalue weighted by atomic mass is 10.1. The molecule has 5 nitrogen and oxygen atoms in total. The molecule has 0 spiro atoms. The van der Waals surface area contributed by atoms with Crippen molar-refractivity contribution in [1.82, 2.24) is 4.72 Å². The first kappa shape index (κ1) is 18.5. The predicted octanol–water partition coefficient (Wildman–Crippen LogP) is 2.41. The van der Waals surface area contributed by atoms with E-state index in [1.54, 1.807) is 0 Å². The quantitative estimate of drug-likeness (QED) is 0.870. The molecule has 24 heavy (non-hydrogen) atoms. The van der Waals surface area contributed by atoms with Gasteiger partial charge in [0.15, 0.2) is 9.84 Å². The van der Waals surface area contributed by atoms with Gasteiger partial charge in [-0.3, -0.25) is 0 Å². The Balaban J connectivity index is 2.28. The molecule has 0 saturated heterocycles. The molecular formula is C15H15F2NO4S2. The van der Waals surface area contributed by atoms with Crippen LogP contribution in [-0.4, -0.2) is 23.1 Å². The summed E-state index contributed by atoms with van der Waals surface area (Å²) >= 11 is 0. The van der Waals surface area contributed by atoms with Gasteiger partial charge >= 0.3 is 0 Å². The molecule has 0 radical (unpaired) electrons. The summed E-state index contributed by atoms with van der Waals surface area (Å²) in [5, 5.41) is 0. The second kappa shape index (κ2) is 6.58. The van der Waals surface area contributed by atoms with Crippen LogP contribution in [0.5, 0.6) is 0 Å². The average Bonchev–Trinajstić information content (AvgIpc) is 2.48. The van der Waals surface area contributed by atoms with E-state index in [1.165, 1.54) is 31.2 Å². The molecule has 0 aliphatic rings.